The lowest BCUT2D eigenvalue weighted by atomic mass is 10.3. The molecular weight excluding hydrogens is 335 g/mol. The average molecular weight is 344 g/mol. The summed E-state index contributed by atoms with van der Waals surface area (Å²) < 4.78 is 19.1. The molecular formula is C13H9BrClFN2O. The van der Waals surface area contributed by atoms with Gasteiger partial charge in [0.25, 0.3) is 0 Å². The lowest BCUT2D eigenvalue weighted by Gasteiger charge is -2.08. The van der Waals surface area contributed by atoms with Crippen molar-refractivity contribution in [3.63, 3.8) is 0 Å². The van der Waals surface area contributed by atoms with E-state index in [1.807, 2.05) is 0 Å². The third kappa shape index (κ3) is 3.04. The highest BCUT2D eigenvalue weighted by molar-refractivity contribution is 9.10. The van der Waals surface area contributed by atoms with Crippen LogP contribution in [0.2, 0.25) is 5.15 Å². The predicted molar refractivity (Wildman–Crippen MR) is 73.2 cm³/mol. The number of aromatic nitrogens is 2. The maximum atomic E-state index is 13.0. The van der Waals surface area contributed by atoms with Crippen LogP contribution in [0, 0.1) is 5.82 Å². The quantitative estimate of drug-likeness (QED) is 0.758. The molecule has 1 aliphatic carbocycles. The van der Waals surface area contributed by atoms with E-state index in [0.29, 0.717) is 33.0 Å². The van der Waals surface area contributed by atoms with Crippen molar-refractivity contribution in [1.29, 1.82) is 0 Å². The number of hydrogen-bond donors (Lipinski definition) is 0. The highest BCUT2D eigenvalue weighted by Gasteiger charge is 2.27. The first-order valence-electron chi connectivity index (χ1n) is 5.79. The van der Waals surface area contributed by atoms with Crippen molar-refractivity contribution < 1.29 is 9.13 Å². The fraction of sp³-hybridized carbons (Fsp3) is 0.231. The van der Waals surface area contributed by atoms with E-state index in [2.05, 4.69) is 25.9 Å². The van der Waals surface area contributed by atoms with Crippen LogP contribution in [0.5, 0.6) is 11.6 Å². The van der Waals surface area contributed by atoms with Crippen LogP contribution in [0.25, 0.3) is 0 Å². The molecule has 1 heterocycles. The Morgan fingerprint density at radius 1 is 1.26 bits per heavy atom. The summed E-state index contributed by atoms with van der Waals surface area (Å²) in [5.74, 6) is 1.61. The van der Waals surface area contributed by atoms with Gasteiger partial charge in [0.2, 0.25) is 5.88 Å². The molecule has 3 rings (SSSR count). The van der Waals surface area contributed by atoms with E-state index < -0.39 is 0 Å². The fourth-order valence-corrected chi connectivity index (χ4v) is 2.27. The molecule has 0 aliphatic heterocycles. The van der Waals surface area contributed by atoms with Gasteiger partial charge in [0.1, 0.15) is 22.5 Å². The Balaban J connectivity index is 1.89. The van der Waals surface area contributed by atoms with Gasteiger partial charge in [-0.05, 0) is 47.0 Å². The molecule has 0 saturated heterocycles. The predicted octanol–water partition coefficient (Wildman–Crippen LogP) is 4.70. The van der Waals surface area contributed by atoms with Gasteiger partial charge in [-0.2, -0.15) is 4.98 Å². The molecule has 19 heavy (non-hydrogen) atoms. The van der Waals surface area contributed by atoms with Gasteiger partial charge < -0.3 is 4.74 Å². The molecule has 1 aliphatic rings. The topological polar surface area (TPSA) is 35.0 Å². The van der Waals surface area contributed by atoms with Crippen LogP contribution >= 0.6 is 27.5 Å². The van der Waals surface area contributed by atoms with Crippen LogP contribution in [0.15, 0.2) is 28.7 Å². The van der Waals surface area contributed by atoms with Crippen LogP contribution in [0.1, 0.15) is 24.6 Å². The second-order valence-electron chi connectivity index (χ2n) is 4.34. The Morgan fingerprint density at radius 2 is 2.05 bits per heavy atom. The second-order valence-corrected chi connectivity index (χ2v) is 5.58. The van der Waals surface area contributed by atoms with Crippen molar-refractivity contribution >= 4 is 27.5 Å². The van der Waals surface area contributed by atoms with Gasteiger partial charge in [0.15, 0.2) is 0 Å². The zero-order chi connectivity index (χ0) is 13.4. The van der Waals surface area contributed by atoms with Crippen LogP contribution in [0.3, 0.4) is 0 Å². The first-order chi connectivity index (χ1) is 9.11. The maximum Gasteiger partial charge on any atom is 0.224 e. The average Bonchev–Trinajstić information content (AvgIpc) is 3.16. The monoisotopic (exact) mass is 342 g/mol. The summed E-state index contributed by atoms with van der Waals surface area (Å²) in [4.78, 5) is 8.50. The summed E-state index contributed by atoms with van der Waals surface area (Å²) in [6, 6.07) is 5.74. The summed E-state index contributed by atoms with van der Waals surface area (Å²) in [6.45, 7) is 0. The molecule has 0 atom stereocenters. The van der Waals surface area contributed by atoms with Crippen molar-refractivity contribution in [2.24, 2.45) is 0 Å². The van der Waals surface area contributed by atoms with Crippen LogP contribution in [0.4, 0.5) is 4.39 Å². The minimum atomic E-state index is -0.335. The molecule has 1 aromatic heterocycles. The second kappa shape index (κ2) is 5.06. The number of rotatable bonds is 3. The first-order valence-corrected chi connectivity index (χ1v) is 6.96. The molecule has 0 spiro atoms. The van der Waals surface area contributed by atoms with Crippen molar-refractivity contribution in [2.75, 3.05) is 0 Å². The van der Waals surface area contributed by atoms with Crippen molar-refractivity contribution in [1.82, 2.24) is 9.97 Å². The van der Waals surface area contributed by atoms with Crippen LogP contribution < -0.4 is 4.74 Å². The fourth-order valence-electron chi connectivity index (χ4n) is 1.66. The highest BCUT2D eigenvalue weighted by Crippen LogP contribution is 2.39. The third-order valence-electron chi connectivity index (χ3n) is 2.74. The molecule has 98 valence electrons. The minimum absolute atomic E-state index is 0.335. The third-order valence-corrected chi connectivity index (χ3v) is 3.55. The minimum Gasteiger partial charge on any atom is -0.438 e. The Morgan fingerprint density at radius 3 is 2.74 bits per heavy atom. The molecule has 3 nitrogen and oxygen atoms in total. The van der Waals surface area contributed by atoms with Gasteiger partial charge in [-0.15, -0.1) is 0 Å². The van der Waals surface area contributed by atoms with Gasteiger partial charge in [0.05, 0.1) is 4.47 Å². The Bertz CT molecular complexity index is 634. The molecule has 2 aromatic rings. The summed E-state index contributed by atoms with van der Waals surface area (Å²) in [7, 11) is 0. The largest absolute Gasteiger partial charge is 0.438 e. The van der Waals surface area contributed by atoms with Crippen molar-refractivity contribution in [3.05, 3.63) is 45.5 Å². The number of benzene rings is 1. The molecule has 0 unspecified atom stereocenters. The standard InChI is InChI=1S/C13H9BrClFN2O/c14-9-5-8(16)3-4-10(9)19-12-6-11(15)17-13(18-12)7-1-2-7/h3-7H,1-2H2. The number of halogens is 3. The van der Waals surface area contributed by atoms with E-state index in [1.165, 1.54) is 18.2 Å². The number of nitrogens with zero attached hydrogens (tertiary/aromatic N) is 2. The lowest BCUT2D eigenvalue weighted by molar-refractivity contribution is 0.454. The Kier molecular flexibility index (Phi) is 3.41. The van der Waals surface area contributed by atoms with Gasteiger partial charge in [-0.25, -0.2) is 9.37 Å². The zero-order valence-electron chi connectivity index (χ0n) is 9.74. The number of hydrogen-bond acceptors (Lipinski definition) is 3. The molecule has 1 saturated carbocycles. The smallest absolute Gasteiger partial charge is 0.224 e. The van der Waals surface area contributed by atoms with Gasteiger partial charge in [-0.3, -0.25) is 0 Å². The van der Waals surface area contributed by atoms with Gasteiger partial charge in [-0.1, -0.05) is 11.6 Å². The Labute approximate surface area is 122 Å². The van der Waals surface area contributed by atoms with Crippen molar-refractivity contribution in [3.8, 4) is 11.6 Å². The van der Waals surface area contributed by atoms with Gasteiger partial charge in [0, 0.05) is 12.0 Å². The molecule has 6 heteroatoms. The van der Waals surface area contributed by atoms with Crippen molar-refractivity contribution in [2.45, 2.75) is 18.8 Å². The van der Waals surface area contributed by atoms with Gasteiger partial charge >= 0.3 is 0 Å². The normalized spacial score (nSPS) is 14.5. The molecule has 0 bridgehead atoms. The van der Waals surface area contributed by atoms with E-state index in [-0.39, 0.29) is 5.82 Å². The maximum absolute atomic E-state index is 13.0. The zero-order valence-corrected chi connectivity index (χ0v) is 12.1. The first kappa shape index (κ1) is 12.8. The summed E-state index contributed by atoms with van der Waals surface area (Å²) in [5, 5.41) is 0.352. The van der Waals surface area contributed by atoms with Crippen LogP contribution in [-0.4, -0.2) is 9.97 Å². The lowest BCUT2D eigenvalue weighted by Crippen LogP contribution is -1.96. The van der Waals surface area contributed by atoms with E-state index in [9.17, 15) is 4.39 Å². The highest BCUT2D eigenvalue weighted by atomic mass is 79.9. The van der Waals surface area contributed by atoms with Crippen LogP contribution in [-0.2, 0) is 0 Å². The summed E-state index contributed by atoms with van der Waals surface area (Å²) in [5.41, 5.74) is 0. The SMILES string of the molecule is Fc1ccc(Oc2cc(Cl)nc(C3CC3)n2)c(Br)c1. The summed E-state index contributed by atoms with van der Waals surface area (Å²) >= 11 is 9.19. The Hall–Kier alpha value is -1.20. The number of ether oxygens (including phenoxy) is 1. The molecule has 0 radical (unpaired) electrons. The molecule has 0 N–H and O–H groups in total. The van der Waals surface area contributed by atoms with E-state index >= 15 is 0 Å². The molecule has 1 aromatic carbocycles. The summed E-state index contributed by atoms with van der Waals surface area (Å²) in [6.07, 6.45) is 2.17. The molecule has 1 fully saturated rings. The van der Waals surface area contributed by atoms with E-state index in [0.717, 1.165) is 12.8 Å². The molecule has 0 amide bonds. The van der Waals surface area contributed by atoms with E-state index in [4.69, 9.17) is 16.3 Å². The van der Waals surface area contributed by atoms with E-state index in [1.54, 1.807) is 6.07 Å².